The Labute approximate surface area is 121 Å². The van der Waals surface area contributed by atoms with Crippen LogP contribution in [0.1, 0.15) is 5.56 Å². The van der Waals surface area contributed by atoms with Gasteiger partial charge in [0.15, 0.2) is 5.82 Å². The number of halogens is 3. The number of pyridine rings is 1. The van der Waals surface area contributed by atoms with Crippen LogP contribution in [0.5, 0.6) is 0 Å². The topological polar surface area (TPSA) is 16.1 Å². The highest BCUT2D eigenvalue weighted by Gasteiger charge is 2.14. The van der Waals surface area contributed by atoms with Crippen molar-refractivity contribution in [3.05, 3.63) is 51.1 Å². The lowest BCUT2D eigenvalue weighted by Crippen LogP contribution is -2.13. The van der Waals surface area contributed by atoms with Gasteiger partial charge in [0.25, 0.3) is 0 Å². The Bertz CT molecular complexity index is 584. The van der Waals surface area contributed by atoms with Crippen LogP contribution in [0.2, 0.25) is 15.2 Å². The fourth-order valence-corrected chi connectivity index (χ4v) is 2.34. The summed E-state index contributed by atoms with van der Waals surface area (Å²) in [6, 6.07) is 9.57. The predicted octanol–water partition coefficient (Wildman–Crippen LogP) is 5.12. The average Bonchev–Trinajstić information content (AvgIpc) is 2.33. The van der Waals surface area contributed by atoms with Crippen LogP contribution >= 0.6 is 34.8 Å². The molecule has 2 rings (SSSR count). The molecule has 1 heterocycles. The third-order valence-corrected chi connectivity index (χ3v) is 3.61. The zero-order valence-electron chi connectivity index (χ0n) is 9.92. The first-order valence-electron chi connectivity index (χ1n) is 5.31. The van der Waals surface area contributed by atoms with Gasteiger partial charge in [0, 0.05) is 12.7 Å². The van der Waals surface area contributed by atoms with Crippen LogP contribution in [-0.2, 0) is 0 Å². The van der Waals surface area contributed by atoms with Crippen molar-refractivity contribution < 1.29 is 0 Å². The van der Waals surface area contributed by atoms with Gasteiger partial charge in [0.1, 0.15) is 5.15 Å². The monoisotopic (exact) mass is 300 g/mol. The zero-order valence-corrected chi connectivity index (χ0v) is 12.2. The predicted molar refractivity (Wildman–Crippen MR) is 78.5 cm³/mol. The summed E-state index contributed by atoms with van der Waals surface area (Å²) in [6.07, 6.45) is 0. The smallest absolute Gasteiger partial charge is 0.153 e. The maximum atomic E-state index is 6.15. The van der Waals surface area contributed by atoms with Crippen molar-refractivity contribution in [2.75, 3.05) is 11.9 Å². The molecule has 1 aromatic carbocycles. The standard InChI is InChI=1S/C13H11Cl3N2/c1-8-5-3-4-6-11(8)18(2)13-10(15)7-9(14)12(16)17-13/h3-7H,1-2H3. The van der Waals surface area contributed by atoms with E-state index in [0.717, 1.165) is 11.3 Å². The van der Waals surface area contributed by atoms with Crippen molar-refractivity contribution in [3.8, 4) is 0 Å². The molecule has 0 saturated heterocycles. The first kappa shape index (κ1) is 13.5. The highest BCUT2D eigenvalue weighted by atomic mass is 35.5. The normalized spacial score (nSPS) is 10.5. The summed E-state index contributed by atoms with van der Waals surface area (Å²) in [7, 11) is 1.89. The van der Waals surface area contributed by atoms with Gasteiger partial charge in [-0.05, 0) is 24.6 Å². The second-order valence-electron chi connectivity index (χ2n) is 3.91. The average molecular weight is 302 g/mol. The van der Waals surface area contributed by atoms with Crippen LogP contribution in [0.3, 0.4) is 0 Å². The van der Waals surface area contributed by atoms with Crippen molar-refractivity contribution >= 4 is 46.3 Å². The van der Waals surface area contributed by atoms with Gasteiger partial charge in [0.2, 0.25) is 0 Å². The van der Waals surface area contributed by atoms with E-state index in [-0.39, 0.29) is 5.15 Å². The summed E-state index contributed by atoms with van der Waals surface area (Å²) in [5.74, 6) is 0.584. The van der Waals surface area contributed by atoms with Crippen molar-refractivity contribution in [2.45, 2.75) is 6.92 Å². The molecule has 0 bridgehead atoms. The number of aromatic nitrogens is 1. The summed E-state index contributed by atoms with van der Waals surface area (Å²) in [5, 5.41) is 1.07. The van der Waals surface area contributed by atoms with E-state index >= 15 is 0 Å². The number of hydrogen-bond donors (Lipinski definition) is 0. The molecular formula is C13H11Cl3N2. The number of nitrogens with zero attached hydrogens (tertiary/aromatic N) is 2. The summed E-state index contributed by atoms with van der Waals surface area (Å²) in [4.78, 5) is 6.11. The number of anilines is 2. The van der Waals surface area contributed by atoms with Gasteiger partial charge in [-0.3, -0.25) is 0 Å². The second kappa shape index (κ2) is 5.35. The summed E-state index contributed by atoms with van der Waals surface area (Å²) >= 11 is 18.0. The molecule has 94 valence electrons. The SMILES string of the molecule is Cc1ccccc1N(C)c1nc(Cl)c(Cl)cc1Cl. The van der Waals surface area contributed by atoms with Crippen LogP contribution in [0, 0.1) is 6.92 Å². The molecule has 0 N–H and O–H groups in total. The number of para-hydroxylation sites is 1. The first-order chi connectivity index (χ1) is 8.50. The molecule has 0 aliphatic rings. The molecule has 18 heavy (non-hydrogen) atoms. The highest BCUT2D eigenvalue weighted by Crippen LogP contribution is 2.34. The van der Waals surface area contributed by atoms with Crippen LogP contribution in [0.25, 0.3) is 0 Å². The third kappa shape index (κ3) is 2.56. The molecule has 2 aromatic rings. The Hall–Kier alpha value is -0.960. The van der Waals surface area contributed by atoms with E-state index in [9.17, 15) is 0 Å². The van der Waals surface area contributed by atoms with E-state index in [1.807, 2.05) is 43.1 Å². The Morgan fingerprint density at radius 2 is 1.72 bits per heavy atom. The van der Waals surface area contributed by atoms with E-state index in [2.05, 4.69) is 4.98 Å². The molecule has 2 nitrogen and oxygen atoms in total. The summed E-state index contributed by atoms with van der Waals surface area (Å²) < 4.78 is 0. The van der Waals surface area contributed by atoms with E-state index in [1.165, 1.54) is 0 Å². The minimum Gasteiger partial charge on any atom is -0.328 e. The Kier molecular flexibility index (Phi) is 4.00. The minimum absolute atomic E-state index is 0.247. The van der Waals surface area contributed by atoms with Crippen molar-refractivity contribution in [3.63, 3.8) is 0 Å². The van der Waals surface area contributed by atoms with Crippen LogP contribution in [0.4, 0.5) is 11.5 Å². The van der Waals surface area contributed by atoms with Crippen LogP contribution < -0.4 is 4.90 Å². The molecule has 0 saturated carbocycles. The van der Waals surface area contributed by atoms with Gasteiger partial charge in [-0.25, -0.2) is 4.98 Å². The molecule has 1 aromatic heterocycles. The maximum Gasteiger partial charge on any atom is 0.153 e. The number of aryl methyl sites for hydroxylation is 1. The molecule has 0 radical (unpaired) electrons. The van der Waals surface area contributed by atoms with Crippen LogP contribution in [0.15, 0.2) is 30.3 Å². The van der Waals surface area contributed by atoms with Gasteiger partial charge in [0.05, 0.1) is 10.0 Å². The molecule has 0 spiro atoms. The Balaban J connectivity index is 2.50. The molecule has 0 aliphatic carbocycles. The number of hydrogen-bond acceptors (Lipinski definition) is 2. The van der Waals surface area contributed by atoms with Gasteiger partial charge in [-0.15, -0.1) is 0 Å². The Morgan fingerprint density at radius 1 is 1.06 bits per heavy atom. The number of rotatable bonds is 2. The minimum atomic E-state index is 0.247. The van der Waals surface area contributed by atoms with Gasteiger partial charge in [-0.1, -0.05) is 53.0 Å². The summed E-state index contributed by atoms with van der Waals surface area (Å²) in [5.41, 5.74) is 2.15. The lowest BCUT2D eigenvalue weighted by Gasteiger charge is -2.21. The van der Waals surface area contributed by atoms with Gasteiger partial charge >= 0.3 is 0 Å². The fraction of sp³-hybridized carbons (Fsp3) is 0.154. The van der Waals surface area contributed by atoms with E-state index in [0.29, 0.717) is 15.9 Å². The third-order valence-electron chi connectivity index (χ3n) is 2.66. The molecule has 0 unspecified atom stereocenters. The molecule has 0 fully saturated rings. The largest absolute Gasteiger partial charge is 0.328 e. The van der Waals surface area contributed by atoms with E-state index in [4.69, 9.17) is 34.8 Å². The van der Waals surface area contributed by atoms with Gasteiger partial charge in [-0.2, -0.15) is 0 Å². The van der Waals surface area contributed by atoms with Crippen molar-refractivity contribution in [2.24, 2.45) is 0 Å². The molecule has 0 amide bonds. The first-order valence-corrected chi connectivity index (χ1v) is 6.45. The quantitative estimate of drug-likeness (QED) is 0.716. The Morgan fingerprint density at radius 3 is 2.39 bits per heavy atom. The summed E-state index contributed by atoms with van der Waals surface area (Å²) in [6.45, 7) is 2.03. The van der Waals surface area contributed by atoms with E-state index < -0.39 is 0 Å². The molecule has 0 aliphatic heterocycles. The van der Waals surface area contributed by atoms with Crippen LogP contribution in [-0.4, -0.2) is 12.0 Å². The zero-order chi connectivity index (χ0) is 13.3. The van der Waals surface area contributed by atoms with Crippen molar-refractivity contribution in [1.82, 2.24) is 4.98 Å². The van der Waals surface area contributed by atoms with Gasteiger partial charge < -0.3 is 4.90 Å². The second-order valence-corrected chi connectivity index (χ2v) is 5.08. The maximum absolute atomic E-state index is 6.15. The van der Waals surface area contributed by atoms with Crippen molar-refractivity contribution in [1.29, 1.82) is 0 Å². The molecular weight excluding hydrogens is 291 g/mol. The number of benzene rings is 1. The van der Waals surface area contributed by atoms with E-state index in [1.54, 1.807) is 6.07 Å². The highest BCUT2D eigenvalue weighted by molar-refractivity contribution is 6.43. The fourth-order valence-electron chi connectivity index (χ4n) is 1.72. The lowest BCUT2D eigenvalue weighted by molar-refractivity contribution is 1.11. The molecule has 5 heteroatoms. The molecule has 0 atom stereocenters. The lowest BCUT2D eigenvalue weighted by atomic mass is 10.2.